The summed E-state index contributed by atoms with van der Waals surface area (Å²) in [5, 5.41) is 49.8. The predicted octanol–water partition coefficient (Wildman–Crippen LogP) is 24.8. The molecule has 0 aliphatic carbocycles. The number of fused-ring (bicyclic) bond motifs is 5. The molecule has 5 aliphatic rings. The molecule has 0 spiro atoms. The lowest BCUT2D eigenvalue weighted by atomic mass is 10.1. The Balaban J connectivity index is 0.000000182. The topological polar surface area (TPSA) is 314 Å². The number of ether oxygens (including phenoxy) is 13. The normalized spacial score (nSPS) is 12.4. The fourth-order valence-electron chi connectivity index (χ4n) is 12.9. The van der Waals surface area contributed by atoms with Gasteiger partial charge in [0.1, 0.15) is 141 Å². The highest BCUT2D eigenvalue weighted by molar-refractivity contribution is 9.69. The number of benzene rings is 9. The summed E-state index contributed by atoms with van der Waals surface area (Å²) in [7, 11) is 4.89. The third kappa shape index (κ3) is 32.9. The third-order valence-electron chi connectivity index (χ3n) is 18.9. The number of hydrogen-bond acceptors (Lipinski definition) is 28. The molecule has 0 atom stereocenters. The van der Waals surface area contributed by atoms with E-state index in [2.05, 4.69) is 117 Å². The molecule has 0 fully saturated rings. The standard InChI is InChI=1S/C23H20Cl2N4O3S.C18H16Cl2N2O3.C17H14Cl2N2O3.C10H10O3.C10H12O2.C9H6BrCl2NO.C6H7ClN2S.BBr3/c1-33-23-27-6-4-16(28-23)14-32-18-2-3-20-21(12-18)30-9-7-29(20)17-10-15(13-26)22(19(25)11-17)31-8-5-24;1-23-14-2-3-16-17(10-14)24-7-5-22(16)13-8-12(11-21)18(15(20)9-13)25-6-4-19;18-3-5-24-17-11(10-20)7-12(8-14(17)19)21-4-6-23-16-9-13(22)1-2-15(16)21;1-12-9-3-2-7-4-8(11)6-13-10(7)5-9;1-11-9-5-4-8-3-2-6-12-10(8)7-9;10-7-3-6(5-13)9(8(12)4-7)14-2-1-11;1-10-6-8-3-2-5(4-7)9-6;2-1(3)4/h2-4,6,10-12H,5,7-9,14H2,1H3;2-3,8-10H,4-7H2,1H3;1-2,7-9,22H,3-6H2;2-3,5H,4,6H2,1H3;4-5,7H,2-3,6H2,1H3;3-4H,1-2H2;2-3H,4H2,1H3;. The maximum atomic E-state index is 11.0. The van der Waals surface area contributed by atoms with Crippen LogP contribution >= 0.6 is 191 Å². The molecule has 26 nitrogen and oxygen atoms in total. The number of anilines is 6. The molecule has 0 saturated carbocycles. The average molecular weight is 2310 g/mol. The molecule has 2 aromatic heterocycles. The van der Waals surface area contributed by atoms with Crippen LogP contribution in [0.4, 0.5) is 34.1 Å². The van der Waals surface area contributed by atoms with Crippen molar-refractivity contribution in [1.82, 2.24) is 19.9 Å². The van der Waals surface area contributed by atoms with E-state index in [0.29, 0.717) is 176 Å². The number of carbonyl (C=O) groups is 1. The monoisotopic (exact) mass is 2300 g/mol. The van der Waals surface area contributed by atoms with Crippen LogP contribution in [0.1, 0.15) is 51.2 Å². The van der Waals surface area contributed by atoms with Crippen molar-refractivity contribution in [2.24, 2.45) is 0 Å². The molecular formula is C93H85BBr4Cl9N11O15S2. The Hall–Kier alpha value is -9.34. The second-order valence-corrected chi connectivity index (χ2v) is 39.8. The summed E-state index contributed by atoms with van der Waals surface area (Å²) >= 11 is 68.5. The number of halogens is 13. The molecule has 11 aromatic rings. The number of aromatic nitrogens is 4. The van der Waals surface area contributed by atoms with Crippen LogP contribution in [0.25, 0.3) is 0 Å². The second-order valence-electron chi connectivity index (χ2n) is 27.5. The van der Waals surface area contributed by atoms with Crippen molar-refractivity contribution in [2.75, 3.05) is 151 Å². The van der Waals surface area contributed by atoms with E-state index in [4.69, 9.17) is 171 Å². The van der Waals surface area contributed by atoms with Gasteiger partial charge < -0.3 is 81.4 Å². The number of Topliss-reactive ketones (excluding diaryl/α,β-unsaturated/α-hetero) is 1. The van der Waals surface area contributed by atoms with E-state index in [1.54, 1.807) is 100 Å². The molecule has 7 heterocycles. The van der Waals surface area contributed by atoms with Gasteiger partial charge in [0.25, 0.3) is 0 Å². The summed E-state index contributed by atoms with van der Waals surface area (Å²) in [4.78, 5) is 33.8. The zero-order valence-electron chi connectivity index (χ0n) is 72.8. The summed E-state index contributed by atoms with van der Waals surface area (Å²) in [6.07, 6.45) is 10.0. The maximum Gasteiger partial charge on any atom is 0.369 e. The van der Waals surface area contributed by atoms with Crippen molar-refractivity contribution in [1.29, 1.82) is 21.0 Å². The Morgan fingerprint density at radius 1 is 0.452 bits per heavy atom. The van der Waals surface area contributed by atoms with Crippen LogP contribution in [-0.4, -0.2) is 170 Å². The largest absolute Gasteiger partial charge is 0.508 e. The van der Waals surface area contributed by atoms with Gasteiger partial charge in [-0.1, -0.05) is 98.0 Å². The van der Waals surface area contributed by atoms with Gasteiger partial charge in [0.15, 0.2) is 39.1 Å². The summed E-state index contributed by atoms with van der Waals surface area (Å²) in [5.41, 5.74) is 10.2. The zero-order valence-corrected chi connectivity index (χ0v) is 87.6. The molecule has 135 heavy (non-hydrogen) atoms. The molecule has 0 radical (unpaired) electrons. The van der Waals surface area contributed by atoms with E-state index >= 15 is 0 Å². The minimum Gasteiger partial charge on any atom is -0.508 e. The molecule has 1 N–H and O–H groups in total. The Morgan fingerprint density at radius 3 is 1.25 bits per heavy atom. The smallest absolute Gasteiger partial charge is 0.369 e. The van der Waals surface area contributed by atoms with Crippen LogP contribution in [0.3, 0.4) is 0 Å². The Kier molecular flexibility index (Phi) is 46.8. The minimum atomic E-state index is 0.123. The number of ketones is 1. The highest BCUT2D eigenvalue weighted by atomic mass is 79.9. The van der Waals surface area contributed by atoms with Gasteiger partial charge >= 0.3 is 3.18 Å². The quantitative estimate of drug-likeness (QED) is 0.0254. The Morgan fingerprint density at radius 2 is 0.822 bits per heavy atom. The molecule has 16 rings (SSSR count). The first kappa shape index (κ1) is 109. The van der Waals surface area contributed by atoms with E-state index in [0.717, 1.165) is 115 Å². The van der Waals surface area contributed by atoms with Gasteiger partial charge in [0.2, 0.25) is 0 Å². The maximum absolute atomic E-state index is 11.0. The Labute approximate surface area is 869 Å². The number of aromatic hydroxyl groups is 1. The first-order valence-corrected chi connectivity index (χ1v) is 50.7. The van der Waals surface area contributed by atoms with Crippen LogP contribution in [0.15, 0.2) is 179 Å². The highest BCUT2D eigenvalue weighted by Gasteiger charge is 2.28. The van der Waals surface area contributed by atoms with E-state index in [1.807, 2.05) is 102 Å². The lowest BCUT2D eigenvalue weighted by molar-refractivity contribution is -0.121. The fourth-order valence-corrected chi connectivity index (χ4v) is 15.8. The molecule has 5 aliphatic heterocycles. The number of alkyl halides is 5. The number of methoxy groups -OCH3 is 3. The minimum absolute atomic E-state index is 0.123. The van der Waals surface area contributed by atoms with Gasteiger partial charge in [-0.2, -0.15) is 21.0 Å². The van der Waals surface area contributed by atoms with E-state index in [-0.39, 0.29) is 41.1 Å². The predicted molar refractivity (Wildman–Crippen MR) is 550 cm³/mol. The van der Waals surface area contributed by atoms with Gasteiger partial charge in [-0.25, -0.2) is 19.9 Å². The first-order chi connectivity index (χ1) is 65.4. The lowest BCUT2D eigenvalue weighted by Gasteiger charge is -2.32. The van der Waals surface area contributed by atoms with Crippen LogP contribution in [0.5, 0.6) is 80.5 Å². The second kappa shape index (κ2) is 57.8. The number of hydrogen-bond donors (Lipinski definition) is 1. The van der Waals surface area contributed by atoms with Crippen molar-refractivity contribution in [3.8, 4) is 105 Å². The summed E-state index contributed by atoms with van der Waals surface area (Å²) in [5.74, 6) is 10.2. The van der Waals surface area contributed by atoms with E-state index in [1.165, 1.54) is 29.1 Å². The SMILES string of the molecule is BrB(Br)Br.COc1ccc2c(c1)OCC(=O)C2.COc1ccc2c(c1)OCCC2.COc1ccc2c(c1)OCCN2c1cc(Cl)c(OCCCl)c(C#N)c1.CSc1nccc(CCl)n1.CSc1nccc(COc2ccc3c(c2)OCCN3c2cc(Cl)c(OCCCl)c(C#N)c2)n1.N#Cc1cc(Br)cc(Cl)c1OCCCl.N#Cc1cc(N2CCOc3cc(O)ccc32)cc(Cl)c1OCCCl. The number of nitriles is 4. The van der Waals surface area contributed by atoms with Gasteiger partial charge in [0, 0.05) is 76.2 Å². The van der Waals surface area contributed by atoms with Gasteiger partial charge in [-0.15, -0.1) is 105 Å². The Bertz CT molecular complexity index is 5990. The average Bonchev–Trinajstić information content (AvgIpc) is 0.789. The van der Waals surface area contributed by atoms with Crippen molar-refractivity contribution >= 4 is 234 Å². The molecule has 0 unspecified atom stereocenters. The number of phenols is 1. The molecule has 42 heteroatoms. The van der Waals surface area contributed by atoms with Gasteiger partial charge in [0.05, 0.1) is 148 Å². The number of phenolic OH excluding ortho intramolecular Hbond substituents is 1. The van der Waals surface area contributed by atoms with E-state index < -0.39 is 0 Å². The highest BCUT2D eigenvalue weighted by Crippen LogP contribution is 2.47. The van der Waals surface area contributed by atoms with Gasteiger partial charge in [-0.05, 0) is 140 Å². The van der Waals surface area contributed by atoms with Crippen molar-refractivity contribution < 1.29 is 71.5 Å². The zero-order chi connectivity index (χ0) is 97.3. The molecule has 0 bridgehead atoms. The van der Waals surface area contributed by atoms with Crippen LogP contribution < -0.4 is 76.3 Å². The van der Waals surface area contributed by atoms with Crippen LogP contribution in [-0.2, 0) is 30.1 Å². The van der Waals surface area contributed by atoms with Crippen molar-refractivity contribution in [3.05, 3.63) is 233 Å². The van der Waals surface area contributed by atoms with Crippen LogP contribution in [0, 0.1) is 45.3 Å². The molecule has 0 amide bonds. The van der Waals surface area contributed by atoms with E-state index in [9.17, 15) is 25.7 Å². The number of thioether (sulfide) groups is 2. The number of rotatable bonds is 24. The molecule has 0 saturated heterocycles. The van der Waals surface area contributed by atoms with Crippen LogP contribution in [0.2, 0.25) is 20.1 Å². The number of nitrogens with zero attached hydrogens (tertiary/aromatic N) is 11. The summed E-state index contributed by atoms with van der Waals surface area (Å²) < 4.78 is 72.0. The number of carbonyl (C=O) groups excluding carboxylic acids is 1. The summed E-state index contributed by atoms with van der Waals surface area (Å²) in [6.45, 7) is 5.80. The van der Waals surface area contributed by atoms with Gasteiger partial charge in [-0.3, -0.25) is 4.79 Å². The van der Waals surface area contributed by atoms with Crippen molar-refractivity contribution in [2.45, 2.75) is 42.1 Å². The summed E-state index contributed by atoms with van der Waals surface area (Å²) in [6, 6.07) is 53.6. The molecule has 9 aromatic carbocycles. The lowest BCUT2D eigenvalue weighted by Crippen LogP contribution is -2.28. The fraction of sp³-hybridized carbons (Fsp3) is 0.280. The van der Waals surface area contributed by atoms with Crippen molar-refractivity contribution in [3.63, 3.8) is 0 Å². The first-order valence-electron chi connectivity index (χ1n) is 40.6. The molecule has 708 valence electrons. The number of aryl methyl sites for hydroxylation is 1. The third-order valence-corrected chi connectivity index (χ3v) is 22.5. The molecular weight excluding hydrogens is 2220 g/mol.